The topological polar surface area (TPSA) is 0 Å². The van der Waals surface area contributed by atoms with Crippen LogP contribution in [0.5, 0.6) is 0 Å². The summed E-state index contributed by atoms with van der Waals surface area (Å²) in [6.45, 7) is 0. The van der Waals surface area contributed by atoms with E-state index in [1.165, 1.54) is 0 Å². The molecule has 0 rings (SSSR count). The first-order valence-electron chi connectivity index (χ1n) is 0. The van der Waals surface area contributed by atoms with Gasteiger partial charge in [-0.25, -0.2) is 0 Å². The fourth-order valence-corrected chi connectivity index (χ4v) is 0. The molecule has 5 heteroatoms. The zero-order chi connectivity index (χ0) is 0. The van der Waals surface area contributed by atoms with Crippen molar-refractivity contribution >= 4 is 94.4 Å². The molecule has 0 aliphatic rings. The molecule has 28 valence electrons. The molecule has 0 heterocycles. The largest absolute Gasteiger partial charge is 2.00 e. The molecule has 0 atom stereocenters. The van der Waals surface area contributed by atoms with Crippen LogP contribution in [-0.4, -0.2) is 94.4 Å². The molecule has 0 spiro atoms. The minimum absolute atomic E-state index is 0. The summed E-state index contributed by atoms with van der Waals surface area (Å²) in [5, 5.41) is 0. The van der Waals surface area contributed by atoms with Gasteiger partial charge in [0.1, 0.15) is 0 Å². The van der Waals surface area contributed by atoms with E-state index in [4.69, 9.17) is 0 Å². The van der Waals surface area contributed by atoms with E-state index in [0.717, 1.165) is 0 Å². The van der Waals surface area contributed by atoms with Gasteiger partial charge in [0.15, 0.2) is 0 Å². The minimum Gasteiger partial charge on any atom is -1.00 e. The van der Waals surface area contributed by atoms with E-state index in [0.29, 0.717) is 0 Å². The Hall–Kier alpha value is 4.68. The molecule has 0 aliphatic carbocycles. The summed E-state index contributed by atoms with van der Waals surface area (Å²) in [4.78, 5) is 0. The molecule has 0 saturated heterocycles. The number of hydrogen-bond donors (Lipinski definition) is 0. The third-order valence-corrected chi connectivity index (χ3v) is 0. The smallest absolute Gasteiger partial charge is 1.00 e. The van der Waals surface area contributed by atoms with Gasteiger partial charge in [-0.15, -0.1) is 0 Å². The summed E-state index contributed by atoms with van der Waals surface area (Å²) in [6, 6.07) is 0. The third-order valence-electron chi connectivity index (χ3n) is 0. The zero-order valence-electron chi connectivity index (χ0n) is 6.59. The van der Waals surface area contributed by atoms with Crippen LogP contribution in [0.3, 0.4) is 0 Å². The van der Waals surface area contributed by atoms with E-state index in [9.17, 15) is 0 Å². The number of rotatable bonds is 0. The van der Waals surface area contributed by atoms with Gasteiger partial charge in [-0.2, -0.15) is 0 Å². The van der Waals surface area contributed by atoms with Crippen LogP contribution in [0.4, 0.5) is 0 Å². The van der Waals surface area contributed by atoms with Crippen molar-refractivity contribution in [2.45, 2.75) is 0 Å². The first kappa shape index (κ1) is 33.3. The van der Waals surface area contributed by atoms with Gasteiger partial charge in [0, 0.05) is 52.7 Å². The molecule has 0 aromatic rings. The molecular weight excluding hydrogens is 387 g/mol. The molecule has 0 aromatic carbocycles. The summed E-state index contributed by atoms with van der Waals surface area (Å²) in [5.74, 6) is 0. The van der Waals surface area contributed by atoms with Gasteiger partial charge >= 0.3 is 94.4 Å². The van der Waals surface area contributed by atoms with Crippen LogP contribution in [0.1, 0.15) is 5.71 Å². The summed E-state index contributed by atoms with van der Waals surface area (Å²) < 4.78 is 0. The Bertz CT molecular complexity index is 20.5. The van der Waals surface area contributed by atoms with Crippen LogP contribution in [0.2, 0.25) is 0 Å². The molecule has 0 nitrogen and oxygen atoms in total. The SMILES string of the molecule is [Ba+2].[Fe].[H-].[H-].[H-].[H-].[Mn].[Sr+2].[V]. The molecular formula is H4BaFeMnSrV. The zero-order valence-corrected chi connectivity index (χ0v) is 14.2. The quantitative estimate of drug-likeness (QED) is 0.498. The molecule has 2 radical (unpaired) electrons. The molecule has 0 saturated carbocycles. The standard InChI is InChI=1S/Ba.Fe.Mn.Sr.V.4H/q+2;;;+2;;4*-1. The molecule has 0 aliphatic heterocycles. The second-order valence-corrected chi connectivity index (χ2v) is 0. The maximum Gasteiger partial charge on any atom is 2.00 e. The van der Waals surface area contributed by atoms with Crippen molar-refractivity contribution in [3.05, 3.63) is 0 Å². The van der Waals surface area contributed by atoms with Gasteiger partial charge < -0.3 is 5.71 Å². The predicted molar refractivity (Wildman–Crippen MR) is 16.0 cm³/mol. The van der Waals surface area contributed by atoms with Crippen LogP contribution >= 0.6 is 0 Å². The molecule has 5 heavy (non-hydrogen) atoms. The first-order chi connectivity index (χ1) is 0. The Balaban J connectivity index is 0. The van der Waals surface area contributed by atoms with Gasteiger partial charge in [0.05, 0.1) is 0 Å². The van der Waals surface area contributed by atoms with Crippen LogP contribution in [0.15, 0.2) is 0 Å². The Morgan fingerprint density at radius 3 is 1.20 bits per heavy atom. The maximum atomic E-state index is 0. The fraction of sp³-hybridized carbons (Fsp3) is 0. The van der Waals surface area contributed by atoms with E-state index in [1.54, 1.807) is 0 Å². The van der Waals surface area contributed by atoms with Gasteiger partial charge in [-0.3, -0.25) is 0 Å². The second kappa shape index (κ2) is 23.4. The van der Waals surface area contributed by atoms with Gasteiger partial charge in [0.25, 0.3) is 0 Å². The van der Waals surface area contributed by atoms with E-state index in [-0.39, 0.29) is 153 Å². The maximum absolute atomic E-state index is 0. The normalized spacial score (nSPS) is 0. The van der Waals surface area contributed by atoms with Crippen molar-refractivity contribution in [1.29, 1.82) is 0 Å². The molecule has 0 N–H and O–H groups in total. The molecule has 0 amide bonds. The predicted octanol–water partition coefficient (Wildman–Crippen LogP) is -0.319. The summed E-state index contributed by atoms with van der Waals surface area (Å²) in [7, 11) is 0. The Morgan fingerprint density at radius 1 is 1.20 bits per heavy atom. The van der Waals surface area contributed by atoms with Gasteiger partial charge in [0.2, 0.25) is 0 Å². The Labute approximate surface area is 148 Å². The second-order valence-electron chi connectivity index (χ2n) is 0. The van der Waals surface area contributed by atoms with Crippen LogP contribution in [-0.2, 0) is 52.7 Å². The minimum atomic E-state index is 0. The summed E-state index contributed by atoms with van der Waals surface area (Å²) in [6.07, 6.45) is 0. The van der Waals surface area contributed by atoms with Crippen molar-refractivity contribution in [3.63, 3.8) is 0 Å². The fourth-order valence-electron chi connectivity index (χ4n) is 0. The number of hydrogen-bond acceptors (Lipinski definition) is 0. The van der Waals surface area contributed by atoms with Crippen molar-refractivity contribution in [1.82, 2.24) is 0 Å². The van der Waals surface area contributed by atoms with E-state index < -0.39 is 0 Å². The van der Waals surface area contributed by atoms with E-state index in [2.05, 4.69) is 0 Å². The molecule has 0 unspecified atom stereocenters. The molecule has 0 bridgehead atoms. The first-order valence-corrected chi connectivity index (χ1v) is 0. The van der Waals surface area contributed by atoms with Gasteiger partial charge in [-0.1, -0.05) is 0 Å². The average molecular weight is 391 g/mol. The van der Waals surface area contributed by atoms with Crippen molar-refractivity contribution in [2.75, 3.05) is 0 Å². The van der Waals surface area contributed by atoms with E-state index in [1.807, 2.05) is 0 Å². The third kappa shape index (κ3) is 17.7. The summed E-state index contributed by atoms with van der Waals surface area (Å²) >= 11 is 0. The van der Waals surface area contributed by atoms with Crippen LogP contribution in [0, 0.1) is 0 Å². The van der Waals surface area contributed by atoms with Crippen molar-refractivity contribution < 1.29 is 58.4 Å². The monoisotopic (exact) mass is 392 g/mol. The van der Waals surface area contributed by atoms with Crippen LogP contribution < -0.4 is 0 Å². The Kier molecular flexibility index (Phi) is 156. The molecule has 0 fully saturated rings. The van der Waals surface area contributed by atoms with E-state index >= 15 is 0 Å². The summed E-state index contributed by atoms with van der Waals surface area (Å²) in [5.41, 5.74) is 0. The molecule has 0 aromatic heterocycles. The Morgan fingerprint density at radius 2 is 1.20 bits per heavy atom. The van der Waals surface area contributed by atoms with Crippen LogP contribution in [0.25, 0.3) is 0 Å². The average Bonchev–Trinajstić information content (AvgIpc) is 0. The van der Waals surface area contributed by atoms with Crippen molar-refractivity contribution in [2.24, 2.45) is 0 Å². The van der Waals surface area contributed by atoms with Gasteiger partial charge in [-0.05, 0) is 0 Å². The van der Waals surface area contributed by atoms with Crippen molar-refractivity contribution in [3.8, 4) is 0 Å².